The summed E-state index contributed by atoms with van der Waals surface area (Å²) in [5.74, 6) is -0.0699. The van der Waals surface area contributed by atoms with E-state index in [-0.39, 0.29) is 23.4 Å². The van der Waals surface area contributed by atoms with E-state index < -0.39 is 0 Å². The van der Waals surface area contributed by atoms with Crippen LogP contribution in [0.3, 0.4) is 0 Å². The minimum Gasteiger partial charge on any atom is -0.461 e. The van der Waals surface area contributed by atoms with E-state index in [9.17, 15) is 4.79 Å². The summed E-state index contributed by atoms with van der Waals surface area (Å²) >= 11 is 0. The number of carbonyl (C=O) groups is 1. The molecule has 3 heteroatoms. The Morgan fingerprint density at radius 1 is 1.32 bits per heavy atom. The SMILES string of the molecule is C[C@@H]1C[C@H](C(C)(C)COCc2ccccc2)OC1=O. The summed E-state index contributed by atoms with van der Waals surface area (Å²) in [5.41, 5.74) is 1.02. The maximum atomic E-state index is 11.5. The van der Waals surface area contributed by atoms with Gasteiger partial charge in [0.2, 0.25) is 0 Å². The normalized spacial score (nSPS) is 23.4. The van der Waals surface area contributed by atoms with Crippen LogP contribution in [0.4, 0.5) is 0 Å². The van der Waals surface area contributed by atoms with Gasteiger partial charge in [0.1, 0.15) is 6.10 Å². The van der Waals surface area contributed by atoms with Crippen molar-refractivity contribution in [1.82, 2.24) is 0 Å². The topological polar surface area (TPSA) is 35.5 Å². The van der Waals surface area contributed by atoms with Gasteiger partial charge < -0.3 is 9.47 Å². The van der Waals surface area contributed by atoms with Gasteiger partial charge in [0.05, 0.1) is 19.1 Å². The van der Waals surface area contributed by atoms with E-state index in [4.69, 9.17) is 9.47 Å². The maximum Gasteiger partial charge on any atom is 0.309 e. The number of esters is 1. The van der Waals surface area contributed by atoms with Crippen LogP contribution in [0.25, 0.3) is 0 Å². The predicted molar refractivity (Wildman–Crippen MR) is 73.5 cm³/mol. The predicted octanol–water partition coefficient (Wildman–Crippen LogP) is 3.18. The summed E-state index contributed by atoms with van der Waals surface area (Å²) in [6.07, 6.45) is 0.756. The van der Waals surface area contributed by atoms with Gasteiger partial charge in [0.15, 0.2) is 0 Å². The highest BCUT2D eigenvalue weighted by Gasteiger charge is 2.41. The van der Waals surface area contributed by atoms with Crippen LogP contribution in [0.2, 0.25) is 0 Å². The Hall–Kier alpha value is -1.35. The quantitative estimate of drug-likeness (QED) is 0.764. The molecule has 1 aromatic rings. The van der Waals surface area contributed by atoms with Gasteiger partial charge in [-0.05, 0) is 12.0 Å². The molecule has 1 aliphatic rings. The van der Waals surface area contributed by atoms with Gasteiger partial charge in [-0.3, -0.25) is 4.79 Å². The van der Waals surface area contributed by atoms with Gasteiger partial charge in [-0.1, -0.05) is 51.1 Å². The van der Waals surface area contributed by atoms with Crippen molar-refractivity contribution in [1.29, 1.82) is 0 Å². The largest absolute Gasteiger partial charge is 0.461 e. The molecule has 0 unspecified atom stereocenters. The van der Waals surface area contributed by atoms with Crippen molar-refractivity contribution in [2.45, 2.75) is 39.9 Å². The lowest BCUT2D eigenvalue weighted by Gasteiger charge is -2.29. The van der Waals surface area contributed by atoms with Crippen molar-refractivity contribution in [3.05, 3.63) is 35.9 Å². The highest BCUT2D eigenvalue weighted by Crippen LogP contribution is 2.34. The molecule has 104 valence electrons. The van der Waals surface area contributed by atoms with Gasteiger partial charge in [0, 0.05) is 5.41 Å². The second-order valence-corrected chi connectivity index (χ2v) is 6.03. The van der Waals surface area contributed by atoms with E-state index in [0.717, 1.165) is 12.0 Å². The van der Waals surface area contributed by atoms with E-state index in [1.54, 1.807) is 0 Å². The molecule has 1 aliphatic heterocycles. The highest BCUT2D eigenvalue weighted by molar-refractivity contribution is 5.74. The minimum absolute atomic E-state index is 0.0124. The summed E-state index contributed by atoms with van der Waals surface area (Å²) in [6, 6.07) is 10.1. The standard InChI is InChI=1S/C16H22O3/c1-12-9-14(19-15(12)17)16(2,3)11-18-10-13-7-5-4-6-8-13/h4-8,12,14H,9-11H2,1-3H3/t12-,14-/m1/s1. The van der Waals surface area contributed by atoms with Crippen molar-refractivity contribution in [3.63, 3.8) is 0 Å². The number of cyclic esters (lactones) is 1. The van der Waals surface area contributed by atoms with Crippen LogP contribution < -0.4 is 0 Å². The number of hydrogen-bond acceptors (Lipinski definition) is 3. The Morgan fingerprint density at radius 3 is 2.58 bits per heavy atom. The monoisotopic (exact) mass is 262 g/mol. The summed E-state index contributed by atoms with van der Waals surface area (Å²) < 4.78 is 11.2. The molecule has 1 heterocycles. The molecule has 1 fully saturated rings. The molecule has 0 bridgehead atoms. The summed E-state index contributed by atoms with van der Waals surface area (Å²) in [6.45, 7) is 7.29. The Labute approximate surface area is 114 Å². The Bertz CT molecular complexity index is 425. The van der Waals surface area contributed by atoms with Crippen LogP contribution in [-0.2, 0) is 20.9 Å². The lowest BCUT2D eigenvalue weighted by Crippen LogP contribution is -2.33. The molecule has 0 saturated carbocycles. The Morgan fingerprint density at radius 2 is 2.00 bits per heavy atom. The van der Waals surface area contributed by atoms with Crippen LogP contribution in [-0.4, -0.2) is 18.7 Å². The van der Waals surface area contributed by atoms with Gasteiger partial charge >= 0.3 is 5.97 Å². The van der Waals surface area contributed by atoms with Crippen LogP contribution in [0.1, 0.15) is 32.8 Å². The molecule has 2 atom stereocenters. The number of hydrogen-bond donors (Lipinski definition) is 0. The van der Waals surface area contributed by atoms with E-state index >= 15 is 0 Å². The lowest BCUT2D eigenvalue weighted by molar-refractivity contribution is -0.149. The van der Waals surface area contributed by atoms with Crippen LogP contribution in [0.15, 0.2) is 30.3 Å². The first kappa shape index (κ1) is 14.1. The molecule has 0 aromatic heterocycles. The first-order valence-electron chi connectivity index (χ1n) is 6.81. The van der Waals surface area contributed by atoms with Gasteiger partial charge in [0.25, 0.3) is 0 Å². The van der Waals surface area contributed by atoms with Crippen LogP contribution >= 0.6 is 0 Å². The summed E-state index contributed by atoms with van der Waals surface area (Å²) in [7, 11) is 0. The molecule has 1 aromatic carbocycles. The van der Waals surface area contributed by atoms with E-state index in [0.29, 0.717) is 13.2 Å². The molecule has 0 aliphatic carbocycles. The maximum absolute atomic E-state index is 11.5. The molecule has 0 radical (unpaired) electrons. The van der Waals surface area contributed by atoms with Crippen molar-refractivity contribution in [2.24, 2.45) is 11.3 Å². The van der Waals surface area contributed by atoms with Crippen molar-refractivity contribution in [3.8, 4) is 0 Å². The molecule has 0 amide bonds. The third-order valence-electron chi connectivity index (χ3n) is 3.69. The summed E-state index contributed by atoms with van der Waals surface area (Å²) in [4.78, 5) is 11.5. The average molecular weight is 262 g/mol. The third kappa shape index (κ3) is 3.57. The molecule has 0 spiro atoms. The molecule has 19 heavy (non-hydrogen) atoms. The second-order valence-electron chi connectivity index (χ2n) is 6.03. The molecule has 1 saturated heterocycles. The molecule has 2 rings (SSSR count). The molecular formula is C16H22O3. The van der Waals surface area contributed by atoms with Crippen LogP contribution in [0.5, 0.6) is 0 Å². The number of carbonyl (C=O) groups excluding carboxylic acids is 1. The van der Waals surface area contributed by atoms with Gasteiger partial charge in [-0.25, -0.2) is 0 Å². The zero-order valence-corrected chi connectivity index (χ0v) is 11.9. The zero-order chi connectivity index (χ0) is 13.9. The molecule has 0 N–H and O–H groups in total. The van der Waals surface area contributed by atoms with Gasteiger partial charge in [-0.2, -0.15) is 0 Å². The number of ether oxygens (including phenoxy) is 2. The Kier molecular flexibility index (Phi) is 4.25. The lowest BCUT2D eigenvalue weighted by atomic mass is 9.84. The molecular weight excluding hydrogens is 240 g/mol. The van der Waals surface area contributed by atoms with Crippen LogP contribution in [0, 0.1) is 11.3 Å². The fourth-order valence-corrected chi connectivity index (χ4v) is 2.30. The third-order valence-corrected chi connectivity index (χ3v) is 3.69. The first-order valence-corrected chi connectivity index (χ1v) is 6.81. The van der Waals surface area contributed by atoms with Gasteiger partial charge in [-0.15, -0.1) is 0 Å². The van der Waals surface area contributed by atoms with Crippen molar-refractivity contribution < 1.29 is 14.3 Å². The van der Waals surface area contributed by atoms with E-state index in [1.165, 1.54) is 0 Å². The number of rotatable bonds is 5. The zero-order valence-electron chi connectivity index (χ0n) is 11.9. The van der Waals surface area contributed by atoms with E-state index in [1.807, 2.05) is 37.3 Å². The van der Waals surface area contributed by atoms with Crippen molar-refractivity contribution >= 4 is 5.97 Å². The first-order chi connectivity index (χ1) is 8.99. The van der Waals surface area contributed by atoms with Crippen molar-refractivity contribution in [2.75, 3.05) is 6.61 Å². The fraction of sp³-hybridized carbons (Fsp3) is 0.562. The summed E-state index contributed by atoms with van der Waals surface area (Å²) in [5, 5.41) is 0. The smallest absolute Gasteiger partial charge is 0.309 e. The second kappa shape index (κ2) is 5.74. The molecule has 3 nitrogen and oxygen atoms in total. The van der Waals surface area contributed by atoms with E-state index in [2.05, 4.69) is 13.8 Å². The Balaban J connectivity index is 1.83. The highest BCUT2D eigenvalue weighted by atomic mass is 16.6. The average Bonchev–Trinajstić information content (AvgIpc) is 2.72. The fourth-order valence-electron chi connectivity index (χ4n) is 2.30. The number of benzene rings is 1. The minimum atomic E-state index is -0.144.